The normalized spacial score (nSPS) is 10.1. The highest BCUT2D eigenvalue weighted by Crippen LogP contribution is 2.21. The maximum absolute atomic E-state index is 11.8. The molecule has 2 aromatic rings. The zero-order valence-electron chi connectivity index (χ0n) is 8.94. The fraction of sp³-hybridized carbons (Fsp3) is 0. The molecule has 0 fully saturated rings. The average Bonchev–Trinajstić information content (AvgIpc) is 2.34. The van der Waals surface area contributed by atoms with E-state index < -0.39 is 11.5 Å². The van der Waals surface area contributed by atoms with Crippen LogP contribution < -0.4 is 10.3 Å². The van der Waals surface area contributed by atoms with Crippen molar-refractivity contribution in [3.63, 3.8) is 0 Å². The van der Waals surface area contributed by atoms with Gasteiger partial charge in [-0.3, -0.25) is 4.79 Å². The number of rotatable bonds is 2. The van der Waals surface area contributed by atoms with Crippen LogP contribution in [0, 0.1) is 0 Å². The molecule has 0 saturated heterocycles. The van der Waals surface area contributed by atoms with Crippen molar-refractivity contribution in [3.8, 4) is 5.75 Å². The molecule has 1 heterocycles. The Labute approximate surface area is 112 Å². The van der Waals surface area contributed by atoms with Crippen molar-refractivity contribution in [3.05, 3.63) is 62.5 Å². The van der Waals surface area contributed by atoms with Crippen LogP contribution in [0.4, 0.5) is 0 Å². The molecule has 0 bridgehead atoms. The molecular weight excluding hydrogens is 277 g/mol. The molecule has 1 N–H and O–H groups in total. The summed E-state index contributed by atoms with van der Waals surface area (Å²) in [6.07, 6.45) is 1.26. The minimum Gasteiger partial charge on any atom is -0.421 e. The van der Waals surface area contributed by atoms with Crippen LogP contribution in [0.3, 0.4) is 0 Å². The third-order valence-electron chi connectivity index (χ3n) is 2.12. The van der Waals surface area contributed by atoms with Crippen molar-refractivity contribution >= 4 is 29.2 Å². The molecule has 1 aromatic heterocycles. The first-order chi connectivity index (χ1) is 8.56. The van der Waals surface area contributed by atoms with Gasteiger partial charge in [-0.2, -0.15) is 0 Å². The number of hydrogen-bond acceptors (Lipinski definition) is 3. The quantitative estimate of drug-likeness (QED) is 0.862. The molecule has 18 heavy (non-hydrogen) atoms. The van der Waals surface area contributed by atoms with Crippen molar-refractivity contribution in [1.82, 2.24) is 4.98 Å². The zero-order chi connectivity index (χ0) is 13.1. The van der Waals surface area contributed by atoms with E-state index in [4.69, 9.17) is 27.9 Å². The molecule has 0 amide bonds. The number of carbonyl (C=O) groups excluding carboxylic acids is 1. The van der Waals surface area contributed by atoms with Crippen LogP contribution >= 0.6 is 23.2 Å². The van der Waals surface area contributed by atoms with E-state index >= 15 is 0 Å². The molecule has 92 valence electrons. The number of aromatic nitrogens is 1. The lowest BCUT2D eigenvalue weighted by Gasteiger charge is -2.05. The molecule has 0 aliphatic rings. The van der Waals surface area contributed by atoms with Crippen LogP contribution in [0.5, 0.6) is 5.75 Å². The number of nitrogens with one attached hydrogen (secondary N) is 1. The summed E-state index contributed by atoms with van der Waals surface area (Å²) >= 11 is 11.5. The Morgan fingerprint density at radius 1 is 1.17 bits per heavy atom. The van der Waals surface area contributed by atoms with E-state index in [2.05, 4.69) is 4.98 Å². The van der Waals surface area contributed by atoms with Gasteiger partial charge >= 0.3 is 5.97 Å². The maximum atomic E-state index is 11.8. The number of hydrogen-bond donors (Lipinski definition) is 1. The summed E-state index contributed by atoms with van der Waals surface area (Å²) in [5.41, 5.74) is -0.0888. The number of H-pyrrole nitrogens is 1. The molecule has 0 spiro atoms. The van der Waals surface area contributed by atoms with Crippen molar-refractivity contribution in [2.24, 2.45) is 0 Å². The summed E-state index contributed by atoms with van der Waals surface area (Å²) < 4.78 is 5.02. The molecule has 0 aliphatic heterocycles. The number of ether oxygens (including phenoxy) is 1. The summed E-state index contributed by atoms with van der Waals surface area (Å²) in [5, 5.41) is 0.664. The van der Waals surface area contributed by atoms with Gasteiger partial charge in [0.2, 0.25) is 0 Å². The Morgan fingerprint density at radius 3 is 2.50 bits per heavy atom. The van der Waals surface area contributed by atoms with Crippen LogP contribution in [0.15, 0.2) is 41.3 Å². The summed E-state index contributed by atoms with van der Waals surface area (Å²) in [5.74, 6) is -0.598. The van der Waals surface area contributed by atoms with Crippen molar-refractivity contribution in [2.45, 2.75) is 0 Å². The van der Waals surface area contributed by atoms with E-state index in [9.17, 15) is 9.59 Å². The van der Waals surface area contributed by atoms with Crippen molar-refractivity contribution < 1.29 is 9.53 Å². The van der Waals surface area contributed by atoms with Crippen LogP contribution in [0.2, 0.25) is 10.0 Å². The second kappa shape index (κ2) is 5.25. The van der Waals surface area contributed by atoms with Crippen molar-refractivity contribution in [1.29, 1.82) is 0 Å². The highest BCUT2D eigenvalue weighted by atomic mass is 35.5. The number of carbonyl (C=O) groups is 1. The van der Waals surface area contributed by atoms with Gasteiger partial charge in [-0.25, -0.2) is 4.79 Å². The smallest absolute Gasteiger partial charge is 0.343 e. The number of aromatic amines is 1. The molecular formula is C12H7Cl2NO3. The first-order valence-corrected chi connectivity index (χ1v) is 5.68. The second-order valence-electron chi connectivity index (χ2n) is 3.41. The Kier molecular flexibility index (Phi) is 3.69. The van der Waals surface area contributed by atoms with Gasteiger partial charge in [0.25, 0.3) is 5.56 Å². The SMILES string of the molecule is O=C(Oc1cc(=O)[nH]cc1Cl)c1ccc(Cl)cc1. The predicted octanol–water partition coefficient (Wildman–Crippen LogP) is 2.90. The Morgan fingerprint density at radius 2 is 1.83 bits per heavy atom. The van der Waals surface area contributed by atoms with Gasteiger partial charge < -0.3 is 9.72 Å². The minimum atomic E-state index is -0.612. The number of halogens is 2. The van der Waals surface area contributed by atoms with E-state index in [1.807, 2.05) is 0 Å². The zero-order valence-corrected chi connectivity index (χ0v) is 10.5. The maximum Gasteiger partial charge on any atom is 0.343 e. The van der Waals surface area contributed by atoms with Gasteiger partial charge in [-0.1, -0.05) is 23.2 Å². The number of benzene rings is 1. The molecule has 0 aliphatic carbocycles. The monoisotopic (exact) mass is 283 g/mol. The summed E-state index contributed by atoms with van der Waals surface area (Å²) in [4.78, 5) is 25.2. The highest BCUT2D eigenvalue weighted by molar-refractivity contribution is 6.32. The van der Waals surface area contributed by atoms with Crippen molar-refractivity contribution in [2.75, 3.05) is 0 Å². The third-order valence-corrected chi connectivity index (χ3v) is 2.67. The van der Waals surface area contributed by atoms with Crippen LogP contribution in [-0.4, -0.2) is 11.0 Å². The molecule has 2 rings (SSSR count). The molecule has 0 radical (unpaired) electrons. The highest BCUT2D eigenvalue weighted by Gasteiger charge is 2.11. The molecule has 0 atom stereocenters. The van der Waals surface area contributed by atoms with E-state index in [0.717, 1.165) is 6.07 Å². The Balaban J connectivity index is 2.23. The lowest BCUT2D eigenvalue weighted by atomic mass is 10.2. The fourth-order valence-corrected chi connectivity index (χ4v) is 1.53. The fourth-order valence-electron chi connectivity index (χ4n) is 1.26. The first kappa shape index (κ1) is 12.7. The number of esters is 1. The molecule has 0 unspecified atom stereocenters. The van der Waals surface area contributed by atoms with Gasteiger partial charge in [0, 0.05) is 17.3 Å². The topological polar surface area (TPSA) is 59.2 Å². The standard InChI is InChI=1S/C12H7Cl2NO3/c13-8-3-1-7(2-4-8)12(17)18-10-5-11(16)15-6-9(10)14/h1-6H,(H,15,16). The van der Waals surface area contributed by atoms with E-state index in [1.54, 1.807) is 12.1 Å². The molecule has 0 saturated carbocycles. The van der Waals surface area contributed by atoms with Gasteiger partial charge in [0.05, 0.1) is 10.6 Å². The van der Waals surface area contributed by atoms with Gasteiger partial charge in [0.1, 0.15) is 0 Å². The van der Waals surface area contributed by atoms with E-state index in [0.29, 0.717) is 10.6 Å². The van der Waals surface area contributed by atoms with E-state index in [-0.39, 0.29) is 10.8 Å². The largest absolute Gasteiger partial charge is 0.421 e. The second-order valence-corrected chi connectivity index (χ2v) is 4.25. The third kappa shape index (κ3) is 2.91. The first-order valence-electron chi connectivity index (χ1n) is 4.92. The lowest BCUT2D eigenvalue weighted by Crippen LogP contribution is -2.11. The minimum absolute atomic E-state index is 0.0142. The van der Waals surface area contributed by atoms with E-state index in [1.165, 1.54) is 18.3 Å². The van der Waals surface area contributed by atoms with Gasteiger partial charge in [-0.15, -0.1) is 0 Å². The van der Waals surface area contributed by atoms with Gasteiger partial charge in [0.15, 0.2) is 5.75 Å². The predicted molar refractivity (Wildman–Crippen MR) is 68.5 cm³/mol. The molecule has 6 heteroatoms. The van der Waals surface area contributed by atoms with Crippen LogP contribution in [0.1, 0.15) is 10.4 Å². The van der Waals surface area contributed by atoms with Crippen LogP contribution in [-0.2, 0) is 0 Å². The average molecular weight is 284 g/mol. The summed E-state index contributed by atoms with van der Waals surface area (Å²) in [6, 6.07) is 7.28. The van der Waals surface area contributed by atoms with Crippen LogP contribution in [0.25, 0.3) is 0 Å². The lowest BCUT2D eigenvalue weighted by molar-refractivity contribution is 0.0734. The Bertz CT molecular complexity index is 635. The summed E-state index contributed by atoms with van der Waals surface area (Å²) in [7, 11) is 0. The number of pyridine rings is 1. The Hall–Kier alpha value is -1.78. The molecule has 1 aromatic carbocycles. The summed E-state index contributed by atoms with van der Waals surface area (Å²) in [6.45, 7) is 0. The van der Waals surface area contributed by atoms with Gasteiger partial charge in [-0.05, 0) is 24.3 Å². The molecule has 4 nitrogen and oxygen atoms in total.